The van der Waals surface area contributed by atoms with Crippen molar-refractivity contribution in [3.05, 3.63) is 0 Å². The summed E-state index contributed by atoms with van der Waals surface area (Å²) in [7, 11) is 0. The summed E-state index contributed by atoms with van der Waals surface area (Å²) in [6.07, 6.45) is 6.04. The Morgan fingerprint density at radius 2 is 2.00 bits per heavy atom. The molecular formula is C15H27NO. The summed E-state index contributed by atoms with van der Waals surface area (Å²) in [6.45, 7) is 9.03. The molecule has 2 nitrogen and oxygen atoms in total. The lowest BCUT2D eigenvalue weighted by molar-refractivity contribution is -0.129. The minimum Gasteiger partial charge on any atom is -0.300 e. The molecule has 4 unspecified atom stereocenters. The molecule has 2 aliphatic rings. The van der Waals surface area contributed by atoms with Crippen LogP contribution < -0.4 is 0 Å². The van der Waals surface area contributed by atoms with E-state index >= 15 is 0 Å². The molecule has 0 bridgehead atoms. The first-order chi connectivity index (χ1) is 8.08. The largest absolute Gasteiger partial charge is 0.300 e. The van der Waals surface area contributed by atoms with E-state index in [0.717, 1.165) is 13.0 Å². The predicted octanol–water partition coefficient (Wildman–Crippen LogP) is 3.11. The third kappa shape index (κ3) is 3.09. The monoisotopic (exact) mass is 237 g/mol. The van der Waals surface area contributed by atoms with Crippen LogP contribution in [0.15, 0.2) is 0 Å². The summed E-state index contributed by atoms with van der Waals surface area (Å²) in [6, 6.07) is 0.683. The highest BCUT2D eigenvalue weighted by Gasteiger charge is 2.34. The zero-order chi connectivity index (χ0) is 12.4. The minimum atomic E-state index is 0.312. The van der Waals surface area contributed by atoms with Gasteiger partial charge in [0.2, 0.25) is 0 Å². The molecule has 2 heteroatoms. The van der Waals surface area contributed by atoms with Crippen LogP contribution in [0, 0.1) is 17.8 Å². The molecule has 1 heterocycles. The number of carbonyl (C=O) groups excluding carboxylic acids is 1. The van der Waals surface area contributed by atoms with Gasteiger partial charge in [0.25, 0.3) is 0 Å². The van der Waals surface area contributed by atoms with Crippen molar-refractivity contribution in [2.75, 3.05) is 13.1 Å². The van der Waals surface area contributed by atoms with Crippen LogP contribution in [0.25, 0.3) is 0 Å². The zero-order valence-electron chi connectivity index (χ0n) is 11.6. The minimum absolute atomic E-state index is 0.312. The van der Waals surface area contributed by atoms with E-state index < -0.39 is 0 Å². The molecule has 2 rings (SSSR count). The molecule has 1 aliphatic heterocycles. The Bertz CT molecular complexity index is 276. The molecule has 0 amide bonds. The third-order valence-corrected chi connectivity index (χ3v) is 4.80. The Hall–Kier alpha value is -0.370. The van der Waals surface area contributed by atoms with Gasteiger partial charge in [0.05, 0.1) is 0 Å². The number of nitrogens with zero attached hydrogens (tertiary/aromatic N) is 1. The maximum atomic E-state index is 12.2. The van der Waals surface area contributed by atoms with Crippen molar-refractivity contribution in [3.63, 3.8) is 0 Å². The first-order valence-electron chi connectivity index (χ1n) is 7.34. The van der Waals surface area contributed by atoms with Crippen LogP contribution in [0.1, 0.15) is 52.9 Å². The van der Waals surface area contributed by atoms with E-state index in [4.69, 9.17) is 0 Å². The summed E-state index contributed by atoms with van der Waals surface area (Å²) in [5.74, 6) is 2.02. The number of carbonyl (C=O) groups is 1. The van der Waals surface area contributed by atoms with Gasteiger partial charge in [-0.2, -0.15) is 0 Å². The molecule has 1 saturated carbocycles. The van der Waals surface area contributed by atoms with E-state index in [1.54, 1.807) is 0 Å². The zero-order valence-corrected chi connectivity index (χ0v) is 11.6. The molecule has 0 aromatic carbocycles. The van der Waals surface area contributed by atoms with E-state index in [1.165, 1.54) is 32.2 Å². The SMILES string of the molecule is CC1CC(=O)C(CN2CCCCC2C)C(C)C1. The van der Waals surface area contributed by atoms with Crippen LogP contribution in [-0.2, 0) is 4.79 Å². The van der Waals surface area contributed by atoms with Gasteiger partial charge in [-0.05, 0) is 44.6 Å². The fraction of sp³-hybridized carbons (Fsp3) is 0.933. The summed E-state index contributed by atoms with van der Waals surface area (Å²) >= 11 is 0. The van der Waals surface area contributed by atoms with Crippen LogP contribution in [0.3, 0.4) is 0 Å². The van der Waals surface area contributed by atoms with Gasteiger partial charge in [-0.3, -0.25) is 9.69 Å². The number of piperidine rings is 1. The normalized spacial score (nSPS) is 40.5. The molecule has 0 radical (unpaired) electrons. The van der Waals surface area contributed by atoms with Crippen molar-refractivity contribution in [2.45, 2.75) is 58.9 Å². The van der Waals surface area contributed by atoms with Crippen molar-refractivity contribution in [1.82, 2.24) is 4.90 Å². The second kappa shape index (κ2) is 5.51. The van der Waals surface area contributed by atoms with Crippen LogP contribution in [0.2, 0.25) is 0 Å². The Morgan fingerprint density at radius 3 is 2.65 bits per heavy atom. The van der Waals surface area contributed by atoms with Crippen molar-refractivity contribution in [1.29, 1.82) is 0 Å². The van der Waals surface area contributed by atoms with Gasteiger partial charge in [0.15, 0.2) is 0 Å². The molecule has 0 aromatic rings. The van der Waals surface area contributed by atoms with E-state index in [9.17, 15) is 4.79 Å². The van der Waals surface area contributed by atoms with Crippen molar-refractivity contribution in [3.8, 4) is 0 Å². The number of Topliss-reactive ketones (excluding diaryl/α,β-unsaturated/α-hetero) is 1. The van der Waals surface area contributed by atoms with E-state index in [2.05, 4.69) is 25.7 Å². The summed E-state index contributed by atoms with van der Waals surface area (Å²) in [4.78, 5) is 14.7. The van der Waals surface area contributed by atoms with Gasteiger partial charge in [-0.1, -0.05) is 20.3 Å². The molecule has 17 heavy (non-hydrogen) atoms. The smallest absolute Gasteiger partial charge is 0.137 e. The Labute approximate surface area is 106 Å². The molecule has 0 N–H and O–H groups in total. The maximum Gasteiger partial charge on any atom is 0.137 e. The quantitative estimate of drug-likeness (QED) is 0.735. The summed E-state index contributed by atoms with van der Waals surface area (Å²) < 4.78 is 0. The third-order valence-electron chi connectivity index (χ3n) is 4.80. The predicted molar refractivity (Wildman–Crippen MR) is 70.9 cm³/mol. The first kappa shape index (κ1) is 13.1. The maximum absolute atomic E-state index is 12.2. The number of likely N-dealkylation sites (tertiary alicyclic amines) is 1. The molecule has 2 fully saturated rings. The second-order valence-electron chi connectivity index (χ2n) is 6.43. The van der Waals surface area contributed by atoms with Gasteiger partial charge >= 0.3 is 0 Å². The number of ketones is 1. The number of rotatable bonds is 2. The van der Waals surface area contributed by atoms with Crippen molar-refractivity contribution in [2.24, 2.45) is 17.8 Å². The fourth-order valence-corrected chi connectivity index (χ4v) is 3.66. The standard InChI is InChI=1S/C15H27NO/c1-11-8-12(2)14(15(17)9-11)10-16-7-5-4-6-13(16)3/h11-14H,4-10H2,1-3H3. The topological polar surface area (TPSA) is 20.3 Å². The average molecular weight is 237 g/mol. The first-order valence-corrected chi connectivity index (χ1v) is 7.34. The van der Waals surface area contributed by atoms with E-state index in [1.807, 2.05) is 0 Å². The second-order valence-corrected chi connectivity index (χ2v) is 6.43. The van der Waals surface area contributed by atoms with E-state index in [0.29, 0.717) is 29.6 Å². The Kier molecular flexibility index (Phi) is 4.24. The number of hydrogen-bond acceptors (Lipinski definition) is 2. The Morgan fingerprint density at radius 1 is 1.24 bits per heavy atom. The molecule has 1 aliphatic carbocycles. The van der Waals surface area contributed by atoms with Crippen molar-refractivity contribution >= 4 is 5.78 Å². The van der Waals surface area contributed by atoms with Crippen LogP contribution >= 0.6 is 0 Å². The summed E-state index contributed by atoms with van der Waals surface area (Å²) in [5.41, 5.74) is 0. The van der Waals surface area contributed by atoms with Crippen LogP contribution in [0.5, 0.6) is 0 Å². The molecule has 0 aromatic heterocycles. The van der Waals surface area contributed by atoms with E-state index in [-0.39, 0.29) is 0 Å². The average Bonchev–Trinajstić information content (AvgIpc) is 2.25. The Balaban J connectivity index is 1.94. The lowest BCUT2D eigenvalue weighted by atomic mass is 9.74. The molecule has 0 spiro atoms. The van der Waals surface area contributed by atoms with Gasteiger partial charge < -0.3 is 0 Å². The fourth-order valence-electron chi connectivity index (χ4n) is 3.66. The molecule has 98 valence electrons. The lowest BCUT2D eigenvalue weighted by Crippen LogP contribution is -2.45. The highest BCUT2D eigenvalue weighted by molar-refractivity contribution is 5.82. The summed E-state index contributed by atoms with van der Waals surface area (Å²) in [5, 5.41) is 0. The highest BCUT2D eigenvalue weighted by Crippen LogP contribution is 2.32. The molecular weight excluding hydrogens is 210 g/mol. The van der Waals surface area contributed by atoms with Gasteiger partial charge in [-0.15, -0.1) is 0 Å². The van der Waals surface area contributed by atoms with Gasteiger partial charge in [0.1, 0.15) is 5.78 Å². The van der Waals surface area contributed by atoms with Gasteiger partial charge in [0, 0.05) is 24.9 Å². The van der Waals surface area contributed by atoms with Gasteiger partial charge in [-0.25, -0.2) is 0 Å². The molecule has 4 atom stereocenters. The molecule has 1 saturated heterocycles. The van der Waals surface area contributed by atoms with Crippen LogP contribution in [-0.4, -0.2) is 29.8 Å². The highest BCUT2D eigenvalue weighted by atomic mass is 16.1. The van der Waals surface area contributed by atoms with Crippen molar-refractivity contribution < 1.29 is 4.79 Å². The van der Waals surface area contributed by atoms with Crippen LogP contribution in [0.4, 0.5) is 0 Å². The lowest BCUT2D eigenvalue weighted by Gasteiger charge is -2.39. The number of hydrogen-bond donors (Lipinski definition) is 0.